The molecule has 1 heterocycles. The molecule has 2 aliphatic carbocycles. The van der Waals surface area contributed by atoms with Gasteiger partial charge in [0.1, 0.15) is 0 Å². The molecule has 0 N–H and O–H groups in total. The largest absolute Gasteiger partial charge is 0.310 e. The predicted molar refractivity (Wildman–Crippen MR) is 284 cm³/mol. The number of allylic oxidation sites excluding steroid dienone is 1. The maximum absolute atomic E-state index is 2.43. The molecule has 0 saturated carbocycles. The Bertz CT molecular complexity index is 3570. The maximum Gasteiger partial charge on any atom is 0.0465 e. The Kier molecular flexibility index (Phi) is 10.2. The van der Waals surface area contributed by atoms with Gasteiger partial charge in [-0.25, -0.2) is 0 Å². The summed E-state index contributed by atoms with van der Waals surface area (Å²) in [6, 6.07) is 82.3. The fraction of sp³-hybridized carbons (Fsp3) is 0.0625. The average Bonchev–Trinajstić information content (AvgIpc) is 3.93. The van der Waals surface area contributed by atoms with E-state index in [9.17, 15) is 0 Å². The highest BCUT2D eigenvalue weighted by molar-refractivity contribution is 7.21. The highest BCUT2D eigenvalue weighted by Crippen LogP contribution is 2.50. The molecule has 2 heteroatoms. The summed E-state index contributed by atoms with van der Waals surface area (Å²) in [6.45, 7) is 2.08. The van der Waals surface area contributed by atoms with Gasteiger partial charge in [0.15, 0.2) is 0 Å². The smallest absolute Gasteiger partial charge is 0.0465 e. The molecule has 0 radical (unpaired) electrons. The molecule has 13 rings (SSSR count). The van der Waals surface area contributed by atoms with E-state index in [4.69, 9.17) is 0 Å². The van der Waals surface area contributed by atoms with Crippen molar-refractivity contribution < 1.29 is 0 Å². The first kappa shape index (κ1) is 39.8. The van der Waals surface area contributed by atoms with Gasteiger partial charge in [0.05, 0.1) is 0 Å². The zero-order chi connectivity index (χ0) is 44.0. The third-order valence-corrected chi connectivity index (χ3v) is 14.8. The summed E-state index contributed by atoms with van der Waals surface area (Å²) in [5, 5.41) is 6.73. The van der Waals surface area contributed by atoms with Gasteiger partial charge in [-0.1, -0.05) is 194 Å². The van der Waals surface area contributed by atoms with Crippen LogP contribution in [-0.4, -0.2) is 0 Å². The quantitative estimate of drug-likeness (QED) is 0.151. The molecule has 10 aromatic carbocycles. The van der Waals surface area contributed by atoms with Gasteiger partial charge in [0, 0.05) is 37.9 Å². The summed E-state index contributed by atoms with van der Waals surface area (Å²) >= 11 is 1.96. The average molecular weight is 862 g/mol. The van der Waals surface area contributed by atoms with E-state index >= 15 is 0 Å². The molecule has 2 aliphatic rings. The highest BCUT2D eigenvalue weighted by atomic mass is 32.1. The molecule has 0 fully saturated rings. The van der Waals surface area contributed by atoms with Crippen molar-refractivity contribution in [2.75, 3.05) is 4.90 Å². The molecule has 314 valence electrons. The predicted octanol–water partition coefficient (Wildman–Crippen LogP) is 18.1. The van der Waals surface area contributed by atoms with E-state index in [0.717, 1.165) is 29.9 Å². The van der Waals surface area contributed by atoms with Crippen molar-refractivity contribution in [2.24, 2.45) is 0 Å². The molecule has 0 saturated heterocycles. The van der Waals surface area contributed by atoms with Gasteiger partial charge in [-0.3, -0.25) is 0 Å². The van der Waals surface area contributed by atoms with Crippen LogP contribution in [0.4, 0.5) is 17.1 Å². The summed E-state index contributed by atoms with van der Waals surface area (Å²) in [4.78, 5) is 3.84. The molecular weight excluding hydrogens is 815 g/mol. The molecule has 1 atom stereocenters. The van der Waals surface area contributed by atoms with Crippen LogP contribution in [0.3, 0.4) is 0 Å². The Morgan fingerprint density at radius 2 is 1.03 bits per heavy atom. The third-order valence-electron chi connectivity index (χ3n) is 13.5. The molecule has 0 aliphatic heterocycles. The second kappa shape index (κ2) is 17.0. The molecule has 11 aromatic rings. The van der Waals surface area contributed by atoms with Crippen LogP contribution in [0.1, 0.15) is 45.0 Å². The van der Waals surface area contributed by atoms with E-state index < -0.39 is 0 Å². The topological polar surface area (TPSA) is 3.24 Å². The number of thiophene rings is 1. The van der Waals surface area contributed by atoms with Crippen LogP contribution in [0.5, 0.6) is 0 Å². The Hall–Kier alpha value is -7.78. The van der Waals surface area contributed by atoms with Gasteiger partial charge in [-0.15, -0.1) is 11.3 Å². The Morgan fingerprint density at radius 1 is 0.455 bits per heavy atom. The van der Waals surface area contributed by atoms with Crippen molar-refractivity contribution in [1.29, 1.82) is 0 Å². The zero-order valence-electron chi connectivity index (χ0n) is 36.9. The lowest BCUT2D eigenvalue weighted by molar-refractivity contribution is 1.01. The lowest BCUT2D eigenvalue weighted by Gasteiger charge is -2.27. The first-order chi connectivity index (χ1) is 32.6. The lowest BCUT2D eigenvalue weighted by atomic mass is 9.89. The van der Waals surface area contributed by atoms with Crippen LogP contribution in [0.15, 0.2) is 231 Å². The molecule has 1 aromatic heterocycles. The number of rotatable bonds is 6. The zero-order valence-corrected chi connectivity index (χ0v) is 37.7. The standard InChI is InChI=1S/C57H39NS.C7H8/c1-3-11-37(12-4-1)38-21-27-44(28-22-38)58(46-31-34-49-48-15-7-8-17-51(48)55(53(49)36-46)40-13-5-2-6-14-40)45-29-23-39(24-30-45)42-26-32-47-43(35-42)20-19-41-25-33-52-50-16-9-10-18-54(50)59-57(52)56(41)47;1-7-5-3-2-4-6-7/h1-8,10-15,17-36,55H,9,16H2;2-6H,1H3. The second-order valence-electron chi connectivity index (χ2n) is 17.6. The monoisotopic (exact) mass is 861 g/mol. The number of anilines is 3. The molecule has 0 bridgehead atoms. The van der Waals surface area contributed by atoms with Crippen LogP contribution >= 0.6 is 11.3 Å². The van der Waals surface area contributed by atoms with Crippen molar-refractivity contribution in [3.05, 3.63) is 263 Å². The Morgan fingerprint density at radius 3 is 1.76 bits per heavy atom. The third kappa shape index (κ3) is 7.21. The fourth-order valence-electron chi connectivity index (χ4n) is 10.3. The molecule has 66 heavy (non-hydrogen) atoms. The van der Waals surface area contributed by atoms with Crippen molar-refractivity contribution in [2.45, 2.75) is 25.7 Å². The van der Waals surface area contributed by atoms with E-state index in [2.05, 4.69) is 230 Å². The van der Waals surface area contributed by atoms with Gasteiger partial charge in [0.25, 0.3) is 0 Å². The minimum Gasteiger partial charge on any atom is -0.310 e. The SMILES string of the molecule is C1=Cc2sc3c(ccc4ccc5cc(-c6ccc(N(c7ccc(-c8ccccc8)cc7)c7ccc8c(c7)C(c7ccccc7)c7ccccc7-8)cc6)ccc5c43)c2CC1.Cc1ccccc1. The van der Waals surface area contributed by atoms with E-state index in [1.807, 2.05) is 29.5 Å². The van der Waals surface area contributed by atoms with Crippen molar-refractivity contribution in [3.63, 3.8) is 0 Å². The maximum atomic E-state index is 2.43. The number of hydrogen-bond donors (Lipinski definition) is 0. The van der Waals surface area contributed by atoms with Crippen molar-refractivity contribution in [1.82, 2.24) is 0 Å². The number of aryl methyl sites for hydroxylation is 2. The van der Waals surface area contributed by atoms with Gasteiger partial charge < -0.3 is 4.90 Å². The van der Waals surface area contributed by atoms with E-state index in [1.165, 1.54) is 97.7 Å². The summed E-state index contributed by atoms with van der Waals surface area (Å²) in [5.41, 5.74) is 17.8. The minimum absolute atomic E-state index is 0.176. The molecule has 1 unspecified atom stereocenters. The fourth-order valence-corrected chi connectivity index (χ4v) is 11.7. The van der Waals surface area contributed by atoms with Crippen LogP contribution in [0, 0.1) is 6.92 Å². The minimum atomic E-state index is 0.176. The number of nitrogens with zero attached hydrogens (tertiary/aromatic N) is 1. The van der Waals surface area contributed by atoms with E-state index in [0.29, 0.717) is 0 Å². The molecule has 0 spiro atoms. The normalized spacial score (nSPS) is 13.5. The summed E-state index contributed by atoms with van der Waals surface area (Å²) in [5.74, 6) is 0.176. The van der Waals surface area contributed by atoms with Crippen LogP contribution < -0.4 is 4.90 Å². The van der Waals surface area contributed by atoms with Crippen molar-refractivity contribution in [3.8, 4) is 33.4 Å². The van der Waals surface area contributed by atoms with Gasteiger partial charge in [0.2, 0.25) is 0 Å². The van der Waals surface area contributed by atoms with Gasteiger partial charge in [-0.2, -0.15) is 0 Å². The first-order valence-corrected chi connectivity index (χ1v) is 23.9. The van der Waals surface area contributed by atoms with E-state index in [-0.39, 0.29) is 5.92 Å². The summed E-state index contributed by atoms with van der Waals surface area (Å²) < 4.78 is 1.42. The van der Waals surface area contributed by atoms with Crippen LogP contribution in [-0.2, 0) is 6.42 Å². The van der Waals surface area contributed by atoms with Crippen molar-refractivity contribution >= 4 is 66.1 Å². The van der Waals surface area contributed by atoms with Gasteiger partial charge >= 0.3 is 0 Å². The number of hydrogen-bond acceptors (Lipinski definition) is 2. The van der Waals surface area contributed by atoms with Crippen LogP contribution in [0.25, 0.3) is 71.1 Å². The lowest BCUT2D eigenvalue weighted by Crippen LogP contribution is -2.11. The molecular formula is C64H47NS. The van der Waals surface area contributed by atoms with Gasteiger partial charge in [-0.05, 0) is 145 Å². The Labute approximate surface area is 391 Å². The highest BCUT2D eigenvalue weighted by Gasteiger charge is 2.31. The first-order valence-electron chi connectivity index (χ1n) is 23.1. The number of benzene rings is 10. The molecule has 1 nitrogen and oxygen atoms in total. The number of fused-ring (bicyclic) bond motifs is 10. The van der Waals surface area contributed by atoms with E-state index in [1.54, 1.807) is 0 Å². The summed E-state index contributed by atoms with van der Waals surface area (Å²) in [7, 11) is 0. The second-order valence-corrected chi connectivity index (χ2v) is 18.6. The summed E-state index contributed by atoms with van der Waals surface area (Å²) in [6.07, 6.45) is 6.91. The van der Waals surface area contributed by atoms with Crippen LogP contribution in [0.2, 0.25) is 0 Å². The Balaban J connectivity index is 0.000000599. The molecule has 0 amide bonds.